The van der Waals surface area contributed by atoms with Crippen molar-refractivity contribution in [2.45, 2.75) is 16.3 Å². The lowest BCUT2D eigenvalue weighted by molar-refractivity contribution is -0.385. The van der Waals surface area contributed by atoms with Crippen LogP contribution in [0.3, 0.4) is 0 Å². The van der Waals surface area contributed by atoms with Gasteiger partial charge in [-0.05, 0) is 24.3 Å². The van der Waals surface area contributed by atoms with E-state index in [1.165, 1.54) is 24.0 Å². The van der Waals surface area contributed by atoms with Crippen LogP contribution in [0.1, 0.15) is 6.42 Å². The van der Waals surface area contributed by atoms with Crippen molar-refractivity contribution in [1.29, 1.82) is 0 Å². The van der Waals surface area contributed by atoms with Crippen molar-refractivity contribution in [2.75, 3.05) is 13.2 Å². The van der Waals surface area contributed by atoms with E-state index in [1.54, 1.807) is 6.07 Å². The van der Waals surface area contributed by atoms with Gasteiger partial charge in [-0.15, -0.1) is 0 Å². The Bertz CT molecular complexity index is 661. The van der Waals surface area contributed by atoms with Crippen LogP contribution in [0.5, 0.6) is 11.5 Å². The predicted molar refractivity (Wildman–Crippen MR) is 77.1 cm³/mol. The molecule has 1 aromatic heterocycles. The van der Waals surface area contributed by atoms with Crippen molar-refractivity contribution in [3.8, 4) is 11.5 Å². The number of pyridine rings is 1. The van der Waals surface area contributed by atoms with E-state index in [0.717, 1.165) is 22.8 Å². The first-order chi connectivity index (χ1) is 10.2. The largest absolute Gasteiger partial charge is 0.490 e. The van der Waals surface area contributed by atoms with Crippen LogP contribution in [-0.2, 0) is 0 Å². The molecular weight excluding hydrogens is 292 g/mol. The Morgan fingerprint density at radius 3 is 2.67 bits per heavy atom. The van der Waals surface area contributed by atoms with Gasteiger partial charge in [0.15, 0.2) is 11.5 Å². The van der Waals surface area contributed by atoms with Crippen molar-refractivity contribution in [2.24, 2.45) is 0 Å². The summed E-state index contributed by atoms with van der Waals surface area (Å²) in [6.07, 6.45) is 2.12. The molecule has 0 radical (unpaired) electrons. The monoisotopic (exact) mass is 304 g/mol. The number of rotatable bonds is 3. The maximum atomic E-state index is 10.6. The van der Waals surface area contributed by atoms with Gasteiger partial charge in [0.1, 0.15) is 11.2 Å². The molecule has 0 aliphatic carbocycles. The molecule has 108 valence electrons. The average molecular weight is 304 g/mol. The van der Waals surface area contributed by atoms with Gasteiger partial charge in [-0.25, -0.2) is 4.98 Å². The zero-order chi connectivity index (χ0) is 14.7. The molecule has 0 saturated heterocycles. The number of aromatic nitrogens is 1. The van der Waals surface area contributed by atoms with Gasteiger partial charge in [0.05, 0.1) is 18.1 Å². The summed E-state index contributed by atoms with van der Waals surface area (Å²) in [4.78, 5) is 15.1. The minimum absolute atomic E-state index is 0.0157. The fourth-order valence-corrected chi connectivity index (χ4v) is 2.65. The topological polar surface area (TPSA) is 74.5 Å². The van der Waals surface area contributed by atoms with Crippen molar-refractivity contribution in [1.82, 2.24) is 4.98 Å². The molecule has 0 fully saturated rings. The molecule has 21 heavy (non-hydrogen) atoms. The molecule has 0 bridgehead atoms. The molecule has 0 unspecified atom stereocenters. The highest BCUT2D eigenvalue weighted by Gasteiger charge is 2.12. The number of hydrogen-bond acceptors (Lipinski definition) is 6. The molecule has 7 heteroatoms. The van der Waals surface area contributed by atoms with Crippen molar-refractivity contribution in [3.63, 3.8) is 0 Å². The Balaban J connectivity index is 1.78. The molecule has 0 saturated carbocycles. The zero-order valence-corrected chi connectivity index (χ0v) is 11.8. The number of hydrogen-bond donors (Lipinski definition) is 0. The molecular formula is C14H12N2O4S. The zero-order valence-electron chi connectivity index (χ0n) is 11.0. The lowest BCUT2D eigenvalue weighted by Crippen LogP contribution is -1.97. The van der Waals surface area contributed by atoms with E-state index in [1.807, 2.05) is 18.2 Å². The van der Waals surface area contributed by atoms with Crippen LogP contribution in [0.4, 0.5) is 5.69 Å². The Morgan fingerprint density at radius 2 is 1.95 bits per heavy atom. The maximum absolute atomic E-state index is 10.6. The number of nitro groups is 1. The predicted octanol–water partition coefficient (Wildman–Crippen LogP) is 3.30. The fourth-order valence-electron chi connectivity index (χ4n) is 1.87. The van der Waals surface area contributed by atoms with Crippen LogP contribution in [0.2, 0.25) is 0 Å². The summed E-state index contributed by atoms with van der Waals surface area (Å²) in [6, 6.07) is 8.76. The minimum Gasteiger partial charge on any atom is -0.490 e. The molecule has 0 amide bonds. The highest BCUT2D eigenvalue weighted by atomic mass is 32.2. The summed E-state index contributed by atoms with van der Waals surface area (Å²) in [7, 11) is 0. The third-order valence-electron chi connectivity index (χ3n) is 2.87. The maximum Gasteiger partial charge on any atom is 0.287 e. The SMILES string of the molecule is O=[N+]([O-])c1ccc(Sc2ccc3c(c2)OCCCO3)nc1. The quantitative estimate of drug-likeness (QED) is 0.640. The molecule has 2 heterocycles. The lowest BCUT2D eigenvalue weighted by Gasteiger charge is -2.08. The van der Waals surface area contributed by atoms with Gasteiger partial charge < -0.3 is 9.47 Å². The van der Waals surface area contributed by atoms with E-state index in [2.05, 4.69) is 4.98 Å². The highest BCUT2D eigenvalue weighted by molar-refractivity contribution is 7.99. The van der Waals surface area contributed by atoms with E-state index in [0.29, 0.717) is 18.2 Å². The second-order valence-corrected chi connectivity index (χ2v) is 5.47. The van der Waals surface area contributed by atoms with Gasteiger partial charge in [0.2, 0.25) is 0 Å². The first-order valence-electron chi connectivity index (χ1n) is 6.40. The van der Waals surface area contributed by atoms with E-state index in [-0.39, 0.29) is 5.69 Å². The number of fused-ring (bicyclic) bond motifs is 1. The molecule has 0 atom stereocenters. The van der Waals surface area contributed by atoms with Gasteiger partial charge in [-0.3, -0.25) is 10.1 Å². The summed E-state index contributed by atoms with van der Waals surface area (Å²) in [5.41, 5.74) is -0.0157. The Morgan fingerprint density at radius 1 is 1.14 bits per heavy atom. The van der Waals surface area contributed by atoms with Gasteiger partial charge in [-0.1, -0.05) is 11.8 Å². The number of ether oxygens (including phenoxy) is 2. The summed E-state index contributed by atoms with van der Waals surface area (Å²) in [5, 5.41) is 11.3. The third-order valence-corrected chi connectivity index (χ3v) is 3.81. The molecule has 0 N–H and O–H groups in total. The van der Waals surface area contributed by atoms with Crippen LogP contribution in [0.25, 0.3) is 0 Å². The lowest BCUT2D eigenvalue weighted by atomic mass is 10.3. The third kappa shape index (κ3) is 3.25. The molecule has 2 aromatic rings. The van der Waals surface area contributed by atoms with Crippen LogP contribution in [0, 0.1) is 10.1 Å². The Kier molecular flexibility index (Phi) is 3.92. The first-order valence-corrected chi connectivity index (χ1v) is 7.22. The molecule has 0 spiro atoms. The number of benzene rings is 1. The highest BCUT2D eigenvalue weighted by Crippen LogP contribution is 2.36. The average Bonchev–Trinajstić information content (AvgIpc) is 2.72. The van der Waals surface area contributed by atoms with E-state index >= 15 is 0 Å². The van der Waals surface area contributed by atoms with E-state index in [9.17, 15) is 10.1 Å². The second-order valence-electron chi connectivity index (χ2n) is 4.37. The molecule has 1 aliphatic rings. The van der Waals surface area contributed by atoms with Crippen LogP contribution in [0.15, 0.2) is 46.5 Å². The summed E-state index contributed by atoms with van der Waals surface area (Å²) in [5.74, 6) is 1.47. The fraction of sp³-hybridized carbons (Fsp3) is 0.214. The van der Waals surface area contributed by atoms with Crippen LogP contribution >= 0.6 is 11.8 Å². The van der Waals surface area contributed by atoms with Gasteiger partial charge >= 0.3 is 0 Å². The van der Waals surface area contributed by atoms with E-state index in [4.69, 9.17) is 9.47 Å². The molecule has 3 rings (SSSR count). The van der Waals surface area contributed by atoms with Crippen molar-refractivity contribution >= 4 is 17.4 Å². The standard InChI is InChI=1S/C14H12N2O4S/c17-16(18)10-2-5-14(15-9-10)21-11-3-4-12-13(8-11)20-7-1-6-19-12/h2-5,8-9H,1,6-7H2. The molecule has 6 nitrogen and oxygen atoms in total. The van der Waals surface area contributed by atoms with Gasteiger partial charge in [0, 0.05) is 17.4 Å². The first kappa shape index (κ1) is 13.7. The van der Waals surface area contributed by atoms with Crippen LogP contribution < -0.4 is 9.47 Å². The van der Waals surface area contributed by atoms with Crippen molar-refractivity contribution in [3.05, 3.63) is 46.6 Å². The Hall–Kier alpha value is -2.28. The van der Waals surface area contributed by atoms with Gasteiger partial charge in [-0.2, -0.15) is 0 Å². The van der Waals surface area contributed by atoms with Crippen molar-refractivity contribution < 1.29 is 14.4 Å². The second kappa shape index (κ2) is 6.01. The molecule has 1 aliphatic heterocycles. The van der Waals surface area contributed by atoms with Gasteiger partial charge in [0.25, 0.3) is 5.69 Å². The minimum atomic E-state index is -0.463. The smallest absolute Gasteiger partial charge is 0.287 e. The van der Waals surface area contributed by atoms with Crippen LogP contribution in [-0.4, -0.2) is 23.1 Å². The summed E-state index contributed by atoms with van der Waals surface area (Å²) < 4.78 is 11.2. The molecule has 1 aromatic carbocycles. The summed E-state index contributed by atoms with van der Waals surface area (Å²) >= 11 is 1.42. The van der Waals surface area contributed by atoms with E-state index < -0.39 is 4.92 Å². The Labute approximate surface area is 125 Å². The number of nitrogens with zero attached hydrogens (tertiary/aromatic N) is 2. The normalized spacial score (nSPS) is 13.5. The summed E-state index contributed by atoms with van der Waals surface area (Å²) in [6.45, 7) is 1.29.